The summed E-state index contributed by atoms with van der Waals surface area (Å²) in [6, 6.07) is 0. The van der Waals surface area contributed by atoms with Crippen LogP contribution in [0.15, 0.2) is 4.99 Å². The molecule has 0 aromatic rings. The van der Waals surface area contributed by atoms with Crippen molar-refractivity contribution in [3.05, 3.63) is 0 Å². The van der Waals surface area contributed by atoms with Crippen LogP contribution in [-0.4, -0.2) is 49.0 Å². The van der Waals surface area contributed by atoms with Gasteiger partial charge in [0.25, 0.3) is 0 Å². The lowest BCUT2D eigenvalue weighted by molar-refractivity contribution is -0.121. The lowest BCUT2D eigenvalue weighted by Crippen LogP contribution is -2.48. The summed E-state index contributed by atoms with van der Waals surface area (Å²) in [5, 5.41) is 6.01. The van der Waals surface area contributed by atoms with Crippen LogP contribution in [0.2, 0.25) is 0 Å². The van der Waals surface area contributed by atoms with Crippen molar-refractivity contribution in [3.8, 4) is 0 Å². The number of likely N-dealkylation sites (tertiary alicyclic amines) is 1. The van der Waals surface area contributed by atoms with Gasteiger partial charge in [0.1, 0.15) is 0 Å². The van der Waals surface area contributed by atoms with E-state index in [4.69, 9.17) is 0 Å². The number of guanidine groups is 1. The summed E-state index contributed by atoms with van der Waals surface area (Å²) in [4.78, 5) is 18.0. The molecule has 0 aliphatic carbocycles. The molecule has 0 aromatic heterocycles. The lowest BCUT2D eigenvalue weighted by atomic mass is 10.1. The standard InChI is InChI=1S/C12H24N4O.HI/c1-12(2,3)15-10(17)9-14-11(13-4)16-7-5-6-8-16;/h5-9H2,1-4H3,(H,13,14)(H,15,17);1H. The molecular formula is C12H25IN4O. The van der Waals surface area contributed by atoms with Crippen LogP contribution in [0.5, 0.6) is 0 Å². The predicted molar refractivity (Wildman–Crippen MR) is 85.5 cm³/mol. The number of hydrogen-bond donors (Lipinski definition) is 2. The van der Waals surface area contributed by atoms with Crippen LogP contribution >= 0.6 is 24.0 Å². The monoisotopic (exact) mass is 368 g/mol. The van der Waals surface area contributed by atoms with Gasteiger partial charge in [-0.1, -0.05) is 0 Å². The Labute approximate surface area is 127 Å². The number of aliphatic imine (C=N–C) groups is 1. The molecule has 5 nitrogen and oxygen atoms in total. The van der Waals surface area contributed by atoms with Crippen molar-refractivity contribution in [2.45, 2.75) is 39.2 Å². The first kappa shape index (κ1) is 17.5. The Kier molecular flexibility index (Phi) is 7.58. The summed E-state index contributed by atoms with van der Waals surface area (Å²) in [6.07, 6.45) is 2.41. The summed E-state index contributed by atoms with van der Waals surface area (Å²) in [5.74, 6) is 0.824. The Morgan fingerprint density at radius 1 is 1.28 bits per heavy atom. The number of halogens is 1. The van der Waals surface area contributed by atoms with Crippen molar-refractivity contribution < 1.29 is 4.79 Å². The molecule has 1 aliphatic rings. The third-order valence-corrected chi connectivity index (χ3v) is 2.54. The molecule has 0 aromatic carbocycles. The van der Waals surface area contributed by atoms with E-state index in [2.05, 4.69) is 20.5 Å². The maximum atomic E-state index is 11.6. The number of hydrogen-bond acceptors (Lipinski definition) is 2. The Hall–Kier alpha value is -0.530. The first-order valence-corrected chi connectivity index (χ1v) is 6.19. The van der Waals surface area contributed by atoms with Gasteiger partial charge < -0.3 is 15.5 Å². The first-order valence-electron chi connectivity index (χ1n) is 6.19. The Balaban J connectivity index is 0.00000289. The van der Waals surface area contributed by atoms with Gasteiger partial charge in [-0.25, -0.2) is 0 Å². The number of amides is 1. The molecule has 6 heteroatoms. The topological polar surface area (TPSA) is 56.7 Å². The smallest absolute Gasteiger partial charge is 0.239 e. The molecule has 0 radical (unpaired) electrons. The molecule has 1 fully saturated rings. The van der Waals surface area contributed by atoms with Gasteiger partial charge in [-0.05, 0) is 33.6 Å². The van der Waals surface area contributed by atoms with E-state index < -0.39 is 0 Å². The van der Waals surface area contributed by atoms with E-state index in [-0.39, 0.29) is 42.0 Å². The molecular weight excluding hydrogens is 343 g/mol. The fourth-order valence-corrected chi connectivity index (χ4v) is 1.88. The van der Waals surface area contributed by atoms with Crippen LogP contribution in [0, 0.1) is 0 Å². The Bertz CT molecular complexity index is 293. The van der Waals surface area contributed by atoms with Gasteiger partial charge in [0.15, 0.2) is 5.96 Å². The third kappa shape index (κ3) is 6.42. The molecule has 1 amide bonds. The highest BCUT2D eigenvalue weighted by Gasteiger charge is 2.17. The van der Waals surface area contributed by atoms with Gasteiger partial charge >= 0.3 is 0 Å². The summed E-state index contributed by atoms with van der Waals surface area (Å²) in [6.45, 7) is 8.25. The molecule has 1 aliphatic heterocycles. The zero-order valence-electron chi connectivity index (χ0n) is 11.7. The SMILES string of the molecule is CN=C(NCC(=O)NC(C)(C)C)N1CCCC1.I. The molecule has 1 heterocycles. The van der Waals surface area contributed by atoms with E-state index in [9.17, 15) is 4.79 Å². The maximum Gasteiger partial charge on any atom is 0.239 e. The summed E-state index contributed by atoms with van der Waals surface area (Å²) < 4.78 is 0. The second-order valence-corrected chi connectivity index (χ2v) is 5.39. The Morgan fingerprint density at radius 3 is 2.28 bits per heavy atom. The van der Waals surface area contributed by atoms with Gasteiger partial charge in [0.2, 0.25) is 5.91 Å². The molecule has 0 saturated carbocycles. The highest BCUT2D eigenvalue weighted by Crippen LogP contribution is 2.06. The largest absolute Gasteiger partial charge is 0.350 e. The number of carbonyl (C=O) groups is 1. The van der Waals surface area contributed by atoms with E-state index in [1.165, 1.54) is 12.8 Å². The third-order valence-electron chi connectivity index (χ3n) is 2.54. The van der Waals surface area contributed by atoms with Crippen LogP contribution in [0.3, 0.4) is 0 Å². The van der Waals surface area contributed by atoms with Crippen molar-refractivity contribution in [2.75, 3.05) is 26.7 Å². The van der Waals surface area contributed by atoms with Crippen molar-refractivity contribution in [2.24, 2.45) is 4.99 Å². The van der Waals surface area contributed by atoms with Gasteiger partial charge in [-0.15, -0.1) is 24.0 Å². The molecule has 18 heavy (non-hydrogen) atoms. The zero-order valence-corrected chi connectivity index (χ0v) is 14.1. The van der Waals surface area contributed by atoms with E-state index in [1.807, 2.05) is 20.8 Å². The molecule has 0 unspecified atom stereocenters. The van der Waals surface area contributed by atoms with E-state index >= 15 is 0 Å². The number of rotatable bonds is 2. The first-order chi connectivity index (χ1) is 7.92. The quantitative estimate of drug-likeness (QED) is 0.438. The lowest BCUT2D eigenvalue weighted by Gasteiger charge is -2.23. The van der Waals surface area contributed by atoms with E-state index in [0.717, 1.165) is 19.0 Å². The highest BCUT2D eigenvalue weighted by atomic mass is 127. The average molecular weight is 368 g/mol. The van der Waals surface area contributed by atoms with Crippen LogP contribution < -0.4 is 10.6 Å². The molecule has 0 bridgehead atoms. The van der Waals surface area contributed by atoms with Gasteiger partial charge in [0, 0.05) is 25.7 Å². The van der Waals surface area contributed by atoms with Gasteiger partial charge in [-0.3, -0.25) is 9.79 Å². The van der Waals surface area contributed by atoms with Gasteiger partial charge in [-0.2, -0.15) is 0 Å². The normalized spacial score (nSPS) is 16.2. The van der Waals surface area contributed by atoms with E-state index in [1.54, 1.807) is 7.05 Å². The highest BCUT2D eigenvalue weighted by molar-refractivity contribution is 14.0. The Morgan fingerprint density at radius 2 is 1.83 bits per heavy atom. The maximum absolute atomic E-state index is 11.6. The molecule has 1 rings (SSSR count). The van der Waals surface area contributed by atoms with Crippen molar-refractivity contribution in [1.29, 1.82) is 0 Å². The fourth-order valence-electron chi connectivity index (χ4n) is 1.88. The molecule has 0 spiro atoms. The predicted octanol–water partition coefficient (Wildman–Crippen LogP) is 1.19. The van der Waals surface area contributed by atoms with Crippen molar-refractivity contribution in [3.63, 3.8) is 0 Å². The number of carbonyl (C=O) groups excluding carboxylic acids is 1. The summed E-state index contributed by atoms with van der Waals surface area (Å²) in [7, 11) is 1.75. The van der Waals surface area contributed by atoms with Crippen LogP contribution in [0.1, 0.15) is 33.6 Å². The van der Waals surface area contributed by atoms with E-state index in [0.29, 0.717) is 0 Å². The van der Waals surface area contributed by atoms with Crippen LogP contribution in [0.25, 0.3) is 0 Å². The minimum absolute atomic E-state index is 0. The second-order valence-electron chi connectivity index (χ2n) is 5.39. The second kappa shape index (κ2) is 7.81. The summed E-state index contributed by atoms with van der Waals surface area (Å²) in [5.41, 5.74) is -0.185. The zero-order chi connectivity index (χ0) is 12.9. The number of nitrogens with one attached hydrogen (secondary N) is 2. The molecule has 0 atom stereocenters. The fraction of sp³-hybridized carbons (Fsp3) is 0.833. The average Bonchev–Trinajstić information content (AvgIpc) is 2.69. The minimum Gasteiger partial charge on any atom is -0.350 e. The summed E-state index contributed by atoms with van der Waals surface area (Å²) >= 11 is 0. The molecule has 1 saturated heterocycles. The van der Waals surface area contributed by atoms with Gasteiger partial charge in [0.05, 0.1) is 6.54 Å². The molecule has 2 N–H and O–H groups in total. The van der Waals surface area contributed by atoms with Crippen LogP contribution in [-0.2, 0) is 4.79 Å². The van der Waals surface area contributed by atoms with Crippen molar-refractivity contribution in [1.82, 2.24) is 15.5 Å². The minimum atomic E-state index is -0.185. The molecule has 106 valence electrons. The number of nitrogens with zero attached hydrogens (tertiary/aromatic N) is 2. The van der Waals surface area contributed by atoms with Crippen molar-refractivity contribution >= 4 is 35.8 Å². The van der Waals surface area contributed by atoms with Crippen LogP contribution in [0.4, 0.5) is 0 Å².